The smallest absolute Gasteiger partial charge is 0.223 e. The maximum Gasteiger partial charge on any atom is 0.223 e. The Labute approximate surface area is 85.1 Å². The molecule has 2 aliphatic rings. The van der Waals surface area contributed by atoms with Crippen LogP contribution in [0.3, 0.4) is 0 Å². The summed E-state index contributed by atoms with van der Waals surface area (Å²) in [5.74, 6) is 0.270. The highest BCUT2D eigenvalue weighted by Gasteiger charge is 2.38. The minimum atomic E-state index is 0.134. The lowest BCUT2D eigenvalue weighted by molar-refractivity contribution is -0.135. The second-order valence-corrected chi connectivity index (χ2v) is 4.44. The SMILES string of the molecule is O=C(CCCO)N1C2CCCC1CC2. The number of piperidine rings is 1. The van der Waals surface area contributed by atoms with E-state index < -0.39 is 0 Å². The van der Waals surface area contributed by atoms with Crippen molar-refractivity contribution in [2.24, 2.45) is 0 Å². The number of carbonyl (C=O) groups excluding carboxylic acids is 1. The van der Waals surface area contributed by atoms with E-state index in [9.17, 15) is 4.79 Å². The first kappa shape index (κ1) is 9.97. The highest BCUT2D eigenvalue weighted by molar-refractivity contribution is 5.77. The Morgan fingerprint density at radius 3 is 2.43 bits per heavy atom. The largest absolute Gasteiger partial charge is 0.396 e. The number of hydrogen-bond donors (Lipinski definition) is 1. The first-order chi connectivity index (χ1) is 6.83. The molecule has 2 unspecified atom stereocenters. The molecule has 14 heavy (non-hydrogen) atoms. The van der Waals surface area contributed by atoms with Gasteiger partial charge in [0.05, 0.1) is 0 Å². The summed E-state index contributed by atoms with van der Waals surface area (Å²) in [5, 5.41) is 8.69. The summed E-state index contributed by atoms with van der Waals surface area (Å²) < 4.78 is 0. The van der Waals surface area contributed by atoms with Crippen molar-refractivity contribution in [1.82, 2.24) is 4.90 Å². The molecule has 3 nitrogen and oxygen atoms in total. The van der Waals surface area contributed by atoms with Gasteiger partial charge in [-0.25, -0.2) is 0 Å². The zero-order valence-corrected chi connectivity index (χ0v) is 8.61. The number of amides is 1. The van der Waals surface area contributed by atoms with Gasteiger partial charge in [0, 0.05) is 25.1 Å². The summed E-state index contributed by atoms with van der Waals surface area (Å²) in [6.45, 7) is 0.134. The average molecular weight is 197 g/mol. The molecule has 0 aromatic rings. The molecule has 0 aromatic heterocycles. The van der Waals surface area contributed by atoms with Crippen LogP contribution in [0.15, 0.2) is 0 Å². The van der Waals surface area contributed by atoms with Crippen molar-refractivity contribution < 1.29 is 9.90 Å². The Kier molecular flexibility index (Phi) is 3.06. The van der Waals surface area contributed by atoms with Gasteiger partial charge < -0.3 is 10.0 Å². The Hall–Kier alpha value is -0.570. The van der Waals surface area contributed by atoms with Crippen LogP contribution in [0.4, 0.5) is 0 Å². The minimum Gasteiger partial charge on any atom is -0.396 e. The van der Waals surface area contributed by atoms with Gasteiger partial charge in [0.25, 0.3) is 0 Å². The van der Waals surface area contributed by atoms with Gasteiger partial charge in [0.2, 0.25) is 5.91 Å². The molecule has 2 fully saturated rings. The molecule has 80 valence electrons. The molecule has 0 spiro atoms. The average Bonchev–Trinajstić information content (AvgIpc) is 2.45. The van der Waals surface area contributed by atoms with E-state index in [1.165, 1.54) is 32.1 Å². The highest BCUT2D eigenvalue weighted by atomic mass is 16.3. The molecule has 1 N–H and O–H groups in total. The predicted octanol–water partition coefficient (Wildman–Crippen LogP) is 1.30. The Morgan fingerprint density at radius 1 is 1.21 bits per heavy atom. The van der Waals surface area contributed by atoms with Crippen molar-refractivity contribution in [3.8, 4) is 0 Å². The van der Waals surface area contributed by atoms with Crippen molar-refractivity contribution in [3.63, 3.8) is 0 Å². The summed E-state index contributed by atoms with van der Waals surface area (Å²) in [6, 6.07) is 1.06. The molecule has 2 bridgehead atoms. The van der Waals surface area contributed by atoms with Crippen molar-refractivity contribution in [3.05, 3.63) is 0 Å². The van der Waals surface area contributed by atoms with Crippen LogP contribution in [0.1, 0.15) is 44.9 Å². The maximum absolute atomic E-state index is 11.8. The molecule has 2 saturated heterocycles. The summed E-state index contributed by atoms with van der Waals surface area (Å²) in [7, 11) is 0. The molecule has 0 radical (unpaired) electrons. The van der Waals surface area contributed by atoms with Crippen LogP contribution < -0.4 is 0 Å². The fourth-order valence-corrected chi connectivity index (χ4v) is 2.88. The van der Waals surface area contributed by atoms with Crippen molar-refractivity contribution in [2.45, 2.75) is 57.0 Å². The van der Waals surface area contributed by atoms with Crippen LogP contribution in [-0.4, -0.2) is 34.6 Å². The van der Waals surface area contributed by atoms with Crippen molar-refractivity contribution in [1.29, 1.82) is 0 Å². The number of hydrogen-bond acceptors (Lipinski definition) is 2. The summed E-state index contributed by atoms with van der Waals surface area (Å²) in [4.78, 5) is 13.9. The number of aliphatic hydroxyl groups is 1. The second-order valence-electron chi connectivity index (χ2n) is 4.44. The molecule has 2 heterocycles. The Bertz CT molecular complexity index is 201. The lowest BCUT2D eigenvalue weighted by Crippen LogP contribution is -2.43. The van der Waals surface area contributed by atoms with E-state index >= 15 is 0 Å². The third-order valence-corrected chi connectivity index (χ3v) is 3.53. The zero-order chi connectivity index (χ0) is 9.97. The first-order valence-corrected chi connectivity index (χ1v) is 5.75. The van der Waals surface area contributed by atoms with Gasteiger partial charge in [0.1, 0.15) is 0 Å². The van der Waals surface area contributed by atoms with Crippen molar-refractivity contribution in [2.75, 3.05) is 6.61 Å². The zero-order valence-electron chi connectivity index (χ0n) is 8.61. The lowest BCUT2D eigenvalue weighted by atomic mass is 10.0. The fourth-order valence-electron chi connectivity index (χ4n) is 2.88. The summed E-state index contributed by atoms with van der Waals surface area (Å²) >= 11 is 0. The van der Waals surface area contributed by atoms with Crippen LogP contribution in [-0.2, 0) is 4.79 Å². The Balaban J connectivity index is 1.93. The Morgan fingerprint density at radius 2 is 1.86 bits per heavy atom. The number of fused-ring (bicyclic) bond motifs is 2. The quantitative estimate of drug-likeness (QED) is 0.741. The fraction of sp³-hybridized carbons (Fsp3) is 0.909. The van der Waals surface area contributed by atoms with Gasteiger partial charge in [0.15, 0.2) is 0 Å². The van der Waals surface area contributed by atoms with E-state index in [4.69, 9.17) is 5.11 Å². The molecular formula is C11H19NO2. The number of aliphatic hydroxyl groups excluding tert-OH is 1. The van der Waals surface area contributed by atoms with Gasteiger partial charge in [-0.15, -0.1) is 0 Å². The third-order valence-electron chi connectivity index (χ3n) is 3.53. The molecule has 0 saturated carbocycles. The maximum atomic E-state index is 11.8. The minimum absolute atomic E-state index is 0.134. The first-order valence-electron chi connectivity index (χ1n) is 5.75. The van der Waals surface area contributed by atoms with E-state index in [2.05, 4.69) is 4.90 Å². The molecule has 2 rings (SSSR count). The normalized spacial score (nSPS) is 30.8. The second kappa shape index (κ2) is 4.30. The van der Waals surface area contributed by atoms with Gasteiger partial charge in [-0.05, 0) is 38.5 Å². The van der Waals surface area contributed by atoms with Crippen LogP contribution in [0.25, 0.3) is 0 Å². The van der Waals surface area contributed by atoms with Crippen LogP contribution in [0.5, 0.6) is 0 Å². The lowest BCUT2D eigenvalue weighted by Gasteiger charge is -2.34. The van der Waals surface area contributed by atoms with Crippen molar-refractivity contribution >= 4 is 5.91 Å². The van der Waals surface area contributed by atoms with E-state index in [0.717, 1.165) is 0 Å². The molecule has 0 aliphatic carbocycles. The molecule has 3 heteroatoms. The number of rotatable bonds is 3. The van der Waals surface area contributed by atoms with Gasteiger partial charge in [-0.2, -0.15) is 0 Å². The van der Waals surface area contributed by atoms with Crippen LogP contribution in [0, 0.1) is 0 Å². The summed E-state index contributed by atoms with van der Waals surface area (Å²) in [5.41, 5.74) is 0. The van der Waals surface area contributed by atoms with Crippen LogP contribution in [0.2, 0.25) is 0 Å². The third kappa shape index (κ3) is 1.78. The standard InChI is InChI=1S/C11H19NO2/c13-8-2-5-11(14)12-9-3-1-4-10(12)7-6-9/h9-10,13H,1-8H2. The highest BCUT2D eigenvalue weighted by Crippen LogP contribution is 2.35. The van der Waals surface area contributed by atoms with Gasteiger partial charge in [-0.3, -0.25) is 4.79 Å². The van der Waals surface area contributed by atoms with E-state index in [1.54, 1.807) is 0 Å². The molecular weight excluding hydrogens is 178 g/mol. The van der Waals surface area contributed by atoms with E-state index in [-0.39, 0.29) is 12.5 Å². The number of nitrogens with zero attached hydrogens (tertiary/aromatic N) is 1. The topological polar surface area (TPSA) is 40.5 Å². The molecule has 2 atom stereocenters. The summed E-state index contributed by atoms with van der Waals surface area (Å²) in [6.07, 6.45) is 7.24. The monoisotopic (exact) mass is 197 g/mol. The van der Waals surface area contributed by atoms with E-state index in [0.29, 0.717) is 24.9 Å². The molecule has 1 amide bonds. The van der Waals surface area contributed by atoms with Gasteiger partial charge >= 0.3 is 0 Å². The van der Waals surface area contributed by atoms with E-state index in [1.807, 2.05) is 0 Å². The van der Waals surface area contributed by atoms with Gasteiger partial charge in [-0.1, -0.05) is 0 Å². The molecule has 0 aromatic carbocycles. The number of carbonyl (C=O) groups is 1. The van der Waals surface area contributed by atoms with Crippen LogP contribution >= 0.6 is 0 Å². The molecule has 2 aliphatic heterocycles. The predicted molar refractivity (Wildman–Crippen MR) is 53.8 cm³/mol.